The highest BCUT2D eigenvalue weighted by atomic mass is 19.1. The number of benzene rings is 1. The minimum absolute atomic E-state index is 0.0813. The normalized spacial score (nSPS) is 17.1. The predicted octanol–water partition coefficient (Wildman–Crippen LogP) is 3.26. The fourth-order valence-corrected chi connectivity index (χ4v) is 2.67. The standard InChI is InChI=1S/C18H19FN2O3/c1-2-23-14-9-10-21(12-14)18(22)13-7-8-17(20-11-13)24-16-6-4-3-5-15(16)19/h3-8,11,14H,2,9-10,12H2,1H3/t14-/m0/s1. The highest BCUT2D eigenvalue weighted by Crippen LogP contribution is 2.23. The molecule has 1 atom stereocenters. The molecule has 24 heavy (non-hydrogen) atoms. The zero-order valence-electron chi connectivity index (χ0n) is 13.4. The molecule has 1 fully saturated rings. The lowest BCUT2D eigenvalue weighted by atomic mass is 10.2. The zero-order chi connectivity index (χ0) is 16.9. The number of amides is 1. The Bertz CT molecular complexity index is 706. The van der Waals surface area contributed by atoms with E-state index < -0.39 is 5.82 Å². The van der Waals surface area contributed by atoms with Crippen LogP contribution in [0.2, 0.25) is 0 Å². The van der Waals surface area contributed by atoms with Crippen LogP contribution < -0.4 is 4.74 Å². The maximum Gasteiger partial charge on any atom is 0.255 e. The van der Waals surface area contributed by atoms with Crippen molar-refractivity contribution in [1.82, 2.24) is 9.88 Å². The maximum absolute atomic E-state index is 13.6. The fraction of sp³-hybridized carbons (Fsp3) is 0.333. The van der Waals surface area contributed by atoms with Crippen LogP contribution in [0.3, 0.4) is 0 Å². The quantitative estimate of drug-likeness (QED) is 0.844. The number of hydrogen-bond donors (Lipinski definition) is 0. The summed E-state index contributed by atoms with van der Waals surface area (Å²) in [6.07, 6.45) is 2.41. The second-order valence-corrected chi connectivity index (χ2v) is 5.53. The molecular formula is C18H19FN2O3. The van der Waals surface area contributed by atoms with Gasteiger partial charge in [0.25, 0.3) is 5.91 Å². The van der Waals surface area contributed by atoms with Gasteiger partial charge in [0.15, 0.2) is 11.6 Å². The summed E-state index contributed by atoms with van der Waals surface area (Å²) in [6, 6.07) is 9.31. The van der Waals surface area contributed by atoms with E-state index in [1.807, 2.05) is 6.92 Å². The van der Waals surface area contributed by atoms with E-state index >= 15 is 0 Å². The van der Waals surface area contributed by atoms with Gasteiger partial charge < -0.3 is 14.4 Å². The van der Waals surface area contributed by atoms with Crippen molar-refractivity contribution >= 4 is 5.91 Å². The monoisotopic (exact) mass is 330 g/mol. The molecule has 0 radical (unpaired) electrons. The van der Waals surface area contributed by atoms with Crippen LogP contribution in [0.25, 0.3) is 0 Å². The van der Waals surface area contributed by atoms with Gasteiger partial charge in [-0.05, 0) is 31.5 Å². The van der Waals surface area contributed by atoms with Crippen molar-refractivity contribution in [2.75, 3.05) is 19.7 Å². The Balaban J connectivity index is 1.64. The summed E-state index contributed by atoms with van der Waals surface area (Å²) >= 11 is 0. The number of aromatic nitrogens is 1. The van der Waals surface area contributed by atoms with Gasteiger partial charge >= 0.3 is 0 Å². The lowest BCUT2D eigenvalue weighted by Crippen LogP contribution is -2.30. The first kappa shape index (κ1) is 16.4. The number of carbonyl (C=O) groups excluding carboxylic acids is 1. The highest BCUT2D eigenvalue weighted by Gasteiger charge is 2.27. The molecule has 1 aliphatic heterocycles. The van der Waals surface area contributed by atoms with E-state index in [0.717, 1.165) is 6.42 Å². The van der Waals surface area contributed by atoms with E-state index in [9.17, 15) is 9.18 Å². The maximum atomic E-state index is 13.6. The number of carbonyl (C=O) groups is 1. The molecule has 6 heteroatoms. The summed E-state index contributed by atoms with van der Waals surface area (Å²) in [5.41, 5.74) is 0.480. The van der Waals surface area contributed by atoms with Gasteiger partial charge in [0.1, 0.15) is 0 Å². The topological polar surface area (TPSA) is 51.7 Å². The molecule has 0 aliphatic carbocycles. The first-order valence-electron chi connectivity index (χ1n) is 7.96. The summed E-state index contributed by atoms with van der Waals surface area (Å²) in [5.74, 6) is -0.200. The van der Waals surface area contributed by atoms with Crippen LogP contribution in [-0.4, -0.2) is 41.6 Å². The number of likely N-dealkylation sites (tertiary alicyclic amines) is 1. The third kappa shape index (κ3) is 3.71. The minimum atomic E-state index is -0.460. The molecule has 1 amide bonds. The summed E-state index contributed by atoms with van der Waals surface area (Å²) in [4.78, 5) is 18.3. The van der Waals surface area contributed by atoms with Crippen LogP contribution >= 0.6 is 0 Å². The van der Waals surface area contributed by atoms with Gasteiger partial charge in [-0.1, -0.05) is 12.1 Å². The summed E-state index contributed by atoms with van der Waals surface area (Å²) < 4.78 is 24.5. The van der Waals surface area contributed by atoms with Gasteiger partial charge in [0.2, 0.25) is 5.88 Å². The summed E-state index contributed by atoms with van der Waals surface area (Å²) in [7, 11) is 0. The molecular weight excluding hydrogens is 311 g/mol. The van der Waals surface area contributed by atoms with Gasteiger partial charge in [0, 0.05) is 32.0 Å². The van der Waals surface area contributed by atoms with E-state index in [1.165, 1.54) is 18.3 Å². The van der Waals surface area contributed by atoms with E-state index in [2.05, 4.69) is 4.98 Å². The van der Waals surface area contributed by atoms with Crippen LogP contribution in [0, 0.1) is 5.82 Å². The van der Waals surface area contributed by atoms with Crippen LogP contribution in [-0.2, 0) is 4.74 Å². The fourth-order valence-electron chi connectivity index (χ4n) is 2.67. The molecule has 1 aromatic carbocycles. The molecule has 1 aromatic heterocycles. The van der Waals surface area contributed by atoms with Crippen LogP contribution in [0.4, 0.5) is 4.39 Å². The van der Waals surface area contributed by atoms with Gasteiger partial charge in [-0.3, -0.25) is 4.79 Å². The molecule has 0 saturated carbocycles. The van der Waals surface area contributed by atoms with Gasteiger partial charge in [0.05, 0.1) is 11.7 Å². The van der Waals surface area contributed by atoms with Crippen molar-refractivity contribution in [2.24, 2.45) is 0 Å². The number of halogens is 1. The van der Waals surface area contributed by atoms with Crippen LogP contribution in [0.1, 0.15) is 23.7 Å². The Labute approximate surface area is 140 Å². The Morgan fingerprint density at radius 2 is 2.17 bits per heavy atom. The van der Waals surface area contributed by atoms with Crippen molar-refractivity contribution in [3.8, 4) is 11.6 Å². The average Bonchev–Trinajstić information content (AvgIpc) is 3.06. The third-order valence-corrected chi connectivity index (χ3v) is 3.87. The van der Waals surface area contributed by atoms with Crippen molar-refractivity contribution < 1.29 is 18.7 Å². The van der Waals surface area contributed by atoms with E-state index in [1.54, 1.807) is 29.2 Å². The van der Waals surface area contributed by atoms with Gasteiger partial charge in [-0.2, -0.15) is 0 Å². The van der Waals surface area contributed by atoms with Crippen molar-refractivity contribution in [3.05, 3.63) is 54.0 Å². The smallest absolute Gasteiger partial charge is 0.255 e. The molecule has 0 N–H and O–H groups in total. The van der Waals surface area contributed by atoms with E-state index in [4.69, 9.17) is 9.47 Å². The lowest BCUT2D eigenvalue weighted by Gasteiger charge is -2.16. The molecule has 126 valence electrons. The van der Waals surface area contributed by atoms with Crippen LogP contribution in [0.5, 0.6) is 11.6 Å². The predicted molar refractivity (Wildman–Crippen MR) is 86.6 cm³/mol. The largest absolute Gasteiger partial charge is 0.436 e. The Morgan fingerprint density at radius 1 is 1.33 bits per heavy atom. The third-order valence-electron chi connectivity index (χ3n) is 3.87. The molecule has 2 heterocycles. The molecule has 1 aliphatic rings. The SMILES string of the molecule is CCO[C@H]1CCN(C(=O)c2ccc(Oc3ccccc3F)nc2)C1. The van der Waals surface area contributed by atoms with Crippen LogP contribution in [0.15, 0.2) is 42.6 Å². The second-order valence-electron chi connectivity index (χ2n) is 5.53. The van der Waals surface area contributed by atoms with Crippen molar-refractivity contribution in [3.63, 3.8) is 0 Å². The zero-order valence-corrected chi connectivity index (χ0v) is 13.4. The number of para-hydroxylation sites is 1. The molecule has 2 aromatic rings. The Hall–Kier alpha value is -2.47. The number of ether oxygens (including phenoxy) is 2. The number of pyridine rings is 1. The number of rotatable bonds is 5. The molecule has 0 spiro atoms. The van der Waals surface area contributed by atoms with Crippen molar-refractivity contribution in [1.29, 1.82) is 0 Å². The molecule has 1 saturated heterocycles. The molecule has 5 nitrogen and oxygen atoms in total. The van der Waals surface area contributed by atoms with E-state index in [0.29, 0.717) is 25.3 Å². The number of hydrogen-bond acceptors (Lipinski definition) is 4. The molecule has 3 rings (SSSR count). The first-order valence-corrected chi connectivity index (χ1v) is 7.96. The highest BCUT2D eigenvalue weighted by molar-refractivity contribution is 5.94. The summed E-state index contributed by atoms with van der Waals surface area (Å²) in [6.45, 7) is 3.87. The van der Waals surface area contributed by atoms with Gasteiger partial charge in [-0.25, -0.2) is 9.37 Å². The lowest BCUT2D eigenvalue weighted by molar-refractivity contribution is 0.0598. The Kier molecular flexibility index (Phi) is 5.05. The Morgan fingerprint density at radius 3 is 2.88 bits per heavy atom. The molecule has 0 bridgehead atoms. The number of nitrogens with zero attached hydrogens (tertiary/aromatic N) is 2. The first-order chi connectivity index (χ1) is 11.7. The second kappa shape index (κ2) is 7.40. The van der Waals surface area contributed by atoms with Crippen molar-refractivity contribution in [2.45, 2.75) is 19.4 Å². The van der Waals surface area contributed by atoms with Gasteiger partial charge in [-0.15, -0.1) is 0 Å². The molecule has 0 unspecified atom stereocenters. The van der Waals surface area contributed by atoms with E-state index in [-0.39, 0.29) is 23.6 Å². The average molecular weight is 330 g/mol. The minimum Gasteiger partial charge on any atom is -0.436 e. The summed E-state index contributed by atoms with van der Waals surface area (Å²) in [5, 5.41) is 0.